The summed E-state index contributed by atoms with van der Waals surface area (Å²) in [5.41, 5.74) is 0.490. The van der Waals surface area contributed by atoms with E-state index in [-0.39, 0.29) is 18.3 Å². The Morgan fingerprint density at radius 2 is 2.09 bits per heavy atom. The highest BCUT2D eigenvalue weighted by Gasteiger charge is 2.13. The van der Waals surface area contributed by atoms with Crippen LogP contribution in [0.1, 0.15) is 35.1 Å². The molecule has 3 nitrogen and oxygen atoms in total. The molecule has 0 atom stereocenters. The smallest absolute Gasteiger partial charge is 0.261 e. The van der Waals surface area contributed by atoms with Crippen LogP contribution in [-0.2, 0) is 6.54 Å². The van der Waals surface area contributed by atoms with Gasteiger partial charge in [0.15, 0.2) is 0 Å². The van der Waals surface area contributed by atoms with Crippen molar-refractivity contribution in [2.75, 3.05) is 0 Å². The molecular formula is C17H17FN2OS. The highest BCUT2D eigenvalue weighted by Crippen LogP contribution is 2.28. The Labute approximate surface area is 132 Å². The van der Waals surface area contributed by atoms with Gasteiger partial charge in [-0.3, -0.25) is 4.79 Å². The molecule has 0 radical (unpaired) electrons. The fourth-order valence-electron chi connectivity index (χ4n) is 2.27. The number of halogens is 1. The van der Waals surface area contributed by atoms with Crippen LogP contribution in [0.3, 0.4) is 0 Å². The van der Waals surface area contributed by atoms with Crippen molar-refractivity contribution in [1.29, 1.82) is 0 Å². The molecule has 0 unspecified atom stereocenters. The monoisotopic (exact) mass is 316 g/mol. The SMILES string of the molecule is CC(C)n1cc2cc(C(=O)NCc3ccccc3F)sc2c1. The van der Waals surface area contributed by atoms with E-state index in [1.807, 2.05) is 12.3 Å². The van der Waals surface area contributed by atoms with Crippen molar-refractivity contribution in [1.82, 2.24) is 9.88 Å². The number of nitrogens with one attached hydrogen (secondary N) is 1. The maximum absolute atomic E-state index is 13.5. The molecule has 1 N–H and O–H groups in total. The molecule has 114 valence electrons. The van der Waals surface area contributed by atoms with E-state index in [0.29, 0.717) is 16.5 Å². The Bertz CT molecular complexity index is 788. The Balaban J connectivity index is 1.72. The summed E-state index contributed by atoms with van der Waals surface area (Å²) in [5, 5.41) is 3.83. The normalized spacial score (nSPS) is 11.3. The number of carbonyl (C=O) groups is 1. The average Bonchev–Trinajstić information content (AvgIpc) is 3.04. The van der Waals surface area contributed by atoms with E-state index in [4.69, 9.17) is 0 Å². The van der Waals surface area contributed by atoms with Crippen molar-refractivity contribution >= 4 is 27.3 Å². The highest BCUT2D eigenvalue weighted by atomic mass is 32.1. The van der Waals surface area contributed by atoms with Crippen molar-refractivity contribution in [3.05, 3.63) is 59.0 Å². The number of fused-ring (bicyclic) bond motifs is 1. The lowest BCUT2D eigenvalue weighted by Gasteiger charge is -2.05. The van der Waals surface area contributed by atoms with Crippen LogP contribution in [0.15, 0.2) is 42.7 Å². The zero-order valence-corrected chi connectivity index (χ0v) is 13.3. The van der Waals surface area contributed by atoms with Crippen LogP contribution in [-0.4, -0.2) is 10.5 Å². The predicted octanol–water partition coefficient (Wildman–Crippen LogP) is 4.35. The molecule has 0 aliphatic heterocycles. The summed E-state index contributed by atoms with van der Waals surface area (Å²) in [7, 11) is 0. The number of thiophene rings is 1. The number of rotatable bonds is 4. The van der Waals surface area contributed by atoms with Gasteiger partial charge in [0.1, 0.15) is 5.82 Å². The minimum atomic E-state index is -0.300. The van der Waals surface area contributed by atoms with E-state index >= 15 is 0 Å². The molecule has 0 aliphatic rings. The molecule has 22 heavy (non-hydrogen) atoms. The second-order valence-electron chi connectivity index (χ2n) is 5.50. The van der Waals surface area contributed by atoms with E-state index in [2.05, 4.69) is 29.9 Å². The van der Waals surface area contributed by atoms with Crippen LogP contribution >= 0.6 is 11.3 Å². The van der Waals surface area contributed by atoms with Crippen LogP contribution in [0.4, 0.5) is 4.39 Å². The quantitative estimate of drug-likeness (QED) is 0.763. The fourth-order valence-corrected chi connectivity index (χ4v) is 3.26. The molecule has 1 aromatic carbocycles. The molecule has 0 saturated carbocycles. The largest absolute Gasteiger partial charge is 0.350 e. The molecule has 0 aliphatic carbocycles. The highest BCUT2D eigenvalue weighted by molar-refractivity contribution is 7.20. The number of hydrogen-bond donors (Lipinski definition) is 1. The maximum atomic E-state index is 13.5. The number of aromatic nitrogens is 1. The van der Waals surface area contributed by atoms with E-state index in [9.17, 15) is 9.18 Å². The molecular weight excluding hydrogens is 299 g/mol. The summed E-state index contributed by atoms with van der Waals surface area (Å²) in [6.07, 6.45) is 4.10. The number of amides is 1. The van der Waals surface area contributed by atoms with Crippen LogP contribution in [0.25, 0.3) is 10.1 Å². The van der Waals surface area contributed by atoms with Gasteiger partial charge in [0.25, 0.3) is 5.91 Å². The van der Waals surface area contributed by atoms with Gasteiger partial charge in [0.2, 0.25) is 0 Å². The topological polar surface area (TPSA) is 34.0 Å². The number of carbonyl (C=O) groups excluding carboxylic acids is 1. The van der Waals surface area contributed by atoms with Gasteiger partial charge >= 0.3 is 0 Å². The lowest BCUT2D eigenvalue weighted by atomic mass is 10.2. The minimum absolute atomic E-state index is 0.166. The number of hydrogen-bond acceptors (Lipinski definition) is 2. The average molecular weight is 316 g/mol. The van der Waals surface area contributed by atoms with Crippen molar-refractivity contribution in [3.63, 3.8) is 0 Å². The van der Waals surface area contributed by atoms with Gasteiger partial charge in [-0.25, -0.2) is 4.39 Å². The van der Waals surface area contributed by atoms with E-state index in [0.717, 1.165) is 10.1 Å². The molecule has 5 heteroatoms. The van der Waals surface area contributed by atoms with Crippen LogP contribution < -0.4 is 5.32 Å². The zero-order chi connectivity index (χ0) is 15.7. The van der Waals surface area contributed by atoms with Gasteiger partial charge in [-0.1, -0.05) is 18.2 Å². The molecule has 2 heterocycles. The van der Waals surface area contributed by atoms with Gasteiger partial charge in [-0.2, -0.15) is 0 Å². The lowest BCUT2D eigenvalue weighted by molar-refractivity contribution is 0.0954. The molecule has 0 spiro atoms. The molecule has 1 amide bonds. The standard InChI is InChI=1S/C17H17FN2OS/c1-11(2)20-9-13-7-15(22-16(13)10-20)17(21)19-8-12-5-3-4-6-14(12)18/h3-7,9-11H,8H2,1-2H3,(H,19,21). The van der Waals surface area contributed by atoms with Gasteiger partial charge in [-0.05, 0) is 26.0 Å². The number of nitrogens with zero attached hydrogens (tertiary/aromatic N) is 1. The molecule has 3 aromatic rings. The summed E-state index contributed by atoms with van der Waals surface area (Å²) in [5.74, 6) is -0.466. The predicted molar refractivity (Wildman–Crippen MR) is 87.8 cm³/mol. The summed E-state index contributed by atoms with van der Waals surface area (Å²) in [6, 6.07) is 8.75. The third-order valence-electron chi connectivity index (χ3n) is 3.56. The first-order valence-electron chi connectivity index (χ1n) is 7.17. The molecule has 0 fully saturated rings. The number of benzene rings is 1. The second-order valence-corrected chi connectivity index (χ2v) is 6.59. The third kappa shape index (κ3) is 2.90. The molecule has 0 bridgehead atoms. The van der Waals surface area contributed by atoms with Crippen LogP contribution in [0.5, 0.6) is 0 Å². The maximum Gasteiger partial charge on any atom is 0.261 e. The molecule has 2 aromatic heterocycles. The summed E-state index contributed by atoms with van der Waals surface area (Å²) in [4.78, 5) is 12.8. The summed E-state index contributed by atoms with van der Waals surface area (Å²) >= 11 is 1.46. The van der Waals surface area contributed by atoms with Crippen molar-refractivity contribution < 1.29 is 9.18 Å². The summed E-state index contributed by atoms with van der Waals surface area (Å²) < 4.78 is 16.7. The molecule has 3 rings (SSSR count). The van der Waals surface area contributed by atoms with Gasteiger partial charge < -0.3 is 9.88 Å². The Kier molecular flexibility index (Phi) is 3.98. The van der Waals surface area contributed by atoms with Gasteiger partial charge in [-0.15, -0.1) is 11.3 Å². The van der Waals surface area contributed by atoms with E-state index < -0.39 is 0 Å². The lowest BCUT2D eigenvalue weighted by Crippen LogP contribution is -2.22. The van der Waals surface area contributed by atoms with Crippen molar-refractivity contribution in [2.24, 2.45) is 0 Å². The first kappa shape index (κ1) is 14.8. The van der Waals surface area contributed by atoms with Gasteiger partial charge in [0, 0.05) is 35.9 Å². The van der Waals surface area contributed by atoms with Crippen LogP contribution in [0, 0.1) is 5.82 Å². The van der Waals surface area contributed by atoms with Gasteiger partial charge in [0.05, 0.1) is 9.58 Å². The summed E-state index contributed by atoms with van der Waals surface area (Å²) in [6.45, 7) is 4.43. The zero-order valence-electron chi connectivity index (χ0n) is 12.5. The molecule has 0 saturated heterocycles. The third-order valence-corrected chi connectivity index (χ3v) is 4.65. The first-order valence-corrected chi connectivity index (χ1v) is 7.99. The van der Waals surface area contributed by atoms with E-state index in [1.54, 1.807) is 18.2 Å². The van der Waals surface area contributed by atoms with Crippen LogP contribution in [0.2, 0.25) is 0 Å². The Morgan fingerprint density at radius 1 is 1.32 bits per heavy atom. The van der Waals surface area contributed by atoms with Crippen molar-refractivity contribution in [3.8, 4) is 0 Å². The van der Waals surface area contributed by atoms with E-state index in [1.165, 1.54) is 17.4 Å². The fraction of sp³-hybridized carbons (Fsp3) is 0.235. The minimum Gasteiger partial charge on any atom is -0.350 e. The Hall–Kier alpha value is -2.14. The second kappa shape index (κ2) is 5.93. The van der Waals surface area contributed by atoms with Crippen molar-refractivity contribution in [2.45, 2.75) is 26.4 Å². The Morgan fingerprint density at radius 3 is 2.77 bits per heavy atom. The first-order chi connectivity index (χ1) is 10.5.